The van der Waals surface area contributed by atoms with Gasteiger partial charge in [-0.1, -0.05) is 0 Å². The minimum absolute atomic E-state index is 0.647. The van der Waals surface area contributed by atoms with Crippen molar-refractivity contribution in [3.63, 3.8) is 0 Å². The minimum Gasteiger partial charge on any atom is -0.290 e. The average Bonchev–Trinajstić information content (AvgIpc) is 2.16. The fourth-order valence-electron chi connectivity index (χ4n) is 0.434. The molecular formula is C5H8F5O4P. The summed E-state index contributed by atoms with van der Waals surface area (Å²) in [7, 11) is -3.52. The molecule has 0 fully saturated rings. The highest BCUT2D eigenvalue weighted by atomic mass is 31.2. The summed E-state index contributed by atoms with van der Waals surface area (Å²) in [6.45, 7) is -2.67. The number of hydrogen-bond acceptors (Lipinski definition) is 4. The third kappa shape index (κ3) is 3.37. The molecule has 0 aromatic heterocycles. The van der Waals surface area contributed by atoms with Crippen molar-refractivity contribution >= 4 is 7.82 Å². The molecule has 0 aromatic rings. The van der Waals surface area contributed by atoms with Crippen LogP contribution in [0.2, 0.25) is 0 Å². The van der Waals surface area contributed by atoms with Gasteiger partial charge in [-0.25, -0.2) is 13.5 Å². The molecule has 0 atom stereocenters. The minimum atomic E-state index is -5.29. The molecule has 0 N–H and O–H groups in total. The SMILES string of the molecule is COP(=O)(OC)OC(F)(F)C(F)(F)CF. The Morgan fingerprint density at radius 2 is 1.53 bits per heavy atom. The zero-order valence-corrected chi connectivity index (χ0v) is 8.57. The van der Waals surface area contributed by atoms with Crippen LogP contribution in [0, 0.1) is 0 Å². The monoisotopic (exact) mass is 258 g/mol. The lowest BCUT2D eigenvalue weighted by atomic mass is 10.3. The van der Waals surface area contributed by atoms with E-state index in [0.29, 0.717) is 14.2 Å². The second-order valence-electron chi connectivity index (χ2n) is 2.26. The van der Waals surface area contributed by atoms with E-state index < -0.39 is 26.5 Å². The van der Waals surface area contributed by atoms with Crippen LogP contribution >= 0.6 is 7.82 Å². The summed E-state index contributed by atoms with van der Waals surface area (Å²) >= 11 is 0. The molecule has 0 saturated carbocycles. The molecule has 0 aromatic carbocycles. The number of phosphoric acid groups is 1. The fraction of sp³-hybridized carbons (Fsp3) is 1.00. The Morgan fingerprint density at radius 1 is 1.13 bits per heavy atom. The first-order chi connectivity index (χ1) is 6.64. The molecule has 0 heterocycles. The van der Waals surface area contributed by atoms with E-state index in [1.807, 2.05) is 0 Å². The maximum Gasteiger partial charge on any atom is 0.479 e. The lowest BCUT2D eigenvalue weighted by molar-refractivity contribution is -0.318. The lowest BCUT2D eigenvalue weighted by Crippen LogP contribution is -2.44. The number of halogens is 5. The van der Waals surface area contributed by atoms with Gasteiger partial charge >= 0.3 is 19.9 Å². The van der Waals surface area contributed by atoms with Gasteiger partial charge in [0, 0.05) is 14.2 Å². The van der Waals surface area contributed by atoms with E-state index in [9.17, 15) is 26.5 Å². The molecule has 0 aliphatic rings. The lowest BCUT2D eigenvalue weighted by Gasteiger charge is -2.25. The molecule has 0 aliphatic carbocycles. The van der Waals surface area contributed by atoms with Crippen LogP contribution in [-0.2, 0) is 18.1 Å². The van der Waals surface area contributed by atoms with Crippen LogP contribution in [-0.4, -0.2) is 32.9 Å². The number of rotatable bonds is 6. The molecule has 0 saturated heterocycles. The summed E-state index contributed by atoms with van der Waals surface area (Å²) < 4.78 is 82.9. The predicted molar refractivity (Wildman–Crippen MR) is 38.6 cm³/mol. The second-order valence-corrected chi connectivity index (χ2v) is 4.07. The highest BCUT2D eigenvalue weighted by molar-refractivity contribution is 7.48. The van der Waals surface area contributed by atoms with Crippen molar-refractivity contribution in [2.75, 3.05) is 20.9 Å². The number of alkyl halides is 5. The summed E-state index contributed by atoms with van der Waals surface area (Å²) in [6, 6.07) is 0. The van der Waals surface area contributed by atoms with Crippen LogP contribution in [0.5, 0.6) is 0 Å². The van der Waals surface area contributed by atoms with Gasteiger partial charge < -0.3 is 0 Å². The molecule has 0 spiro atoms. The highest BCUT2D eigenvalue weighted by Crippen LogP contribution is 2.55. The van der Waals surface area contributed by atoms with Crippen molar-refractivity contribution in [3.8, 4) is 0 Å². The summed E-state index contributed by atoms with van der Waals surface area (Å²) in [5, 5.41) is 0. The molecular weight excluding hydrogens is 250 g/mol. The molecule has 0 bridgehead atoms. The standard InChI is InChI=1S/C5H8F5O4P/c1-12-15(11,13-2)14-5(9,10)4(7,8)3-6/h3H2,1-2H3. The van der Waals surface area contributed by atoms with Gasteiger partial charge in [-0.3, -0.25) is 9.05 Å². The van der Waals surface area contributed by atoms with Gasteiger partial charge in [0.1, 0.15) is 0 Å². The summed E-state index contributed by atoms with van der Waals surface area (Å²) in [5.74, 6) is -5.11. The summed E-state index contributed by atoms with van der Waals surface area (Å²) in [6.07, 6.45) is -5.29. The first-order valence-corrected chi connectivity index (χ1v) is 4.84. The largest absolute Gasteiger partial charge is 0.479 e. The topological polar surface area (TPSA) is 44.8 Å². The van der Waals surface area contributed by atoms with Crippen molar-refractivity contribution in [3.05, 3.63) is 0 Å². The normalized spacial score (nSPS) is 14.3. The Morgan fingerprint density at radius 3 is 1.80 bits per heavy atom. The van der Waals surface area contributed by atoms with Crippen molar-refractivity contribution in [2.24, 2.45) is 0 Å². The quantitative estimate of drug-likeness (QED) is 0.542. The van der Waals surface area contributed by atoms with Crippen LogP contribution in [0.25, 0.3) is 0 Å². The summed E-state index contributed by atoms with van der Waals surface area (Å²) in [4.78, 5) is 0. The predicted octanol–water partition coefficient (Wildman–Crippen LogP) is 2.60. The van der Waals surface area contributed by atoms with E-state index in [-0.39, 0.29) is 0 Å². The molecule has 0 amide bonds. The van der Waals surface area contributed by atoms with E-state index in [2.05, 4.69) is 13.6 Å². The Bertz CT molecular complexity index is 250. The van der Waals surface area contributed by atoms with E-state index >= 15 is 0 Å². The molecule has 0 rings (SSSR count). The first-order valence-electron chi connectivity index (χ1n) is 3.38. The van der Waals surface area contributed by atoms with Crippen LogP contribution in [0.3, 0.4) is 0 Å². The zero-order valence-electron chi connectivity index (χ0n) is 7.68. The van der Waals surface area contributed by atoms with Crippen LogP contribution in [0.1, 0.15) is 0 Å². The molecule has 10 heteroatoms. The van der Waals surface area contributed by atoms with Crippen molar-refractivity contribution in [1.82, 2.24) is 0 Å². The first kappa shape index (κ1) is 14.8. The second kappa shape index (κ2) is 4.73. The van der Waals surface area contributed by atoms with Gasteiger partial charge in [0.2, 0.25) is 0 Å². The maximum atomic E-state index is 12.5. The van der Waals surface area contributed by atoms with E-state index in [1.165, 1.54) is 0 Å². The number of hydrogen-bond donors (Lipinski definition) is 0. The van der Waals surface area contributed by atoms with Crippen molar-refractivity contribution in [2.45, 2.75) is 12.0 Å². The van der Waals surface area contributed by atoms with Crippen molar-refractivity contribution < 1.29 is 40.1 Å². The Balaban J connectivity index is 4.85. The molecule has 4 nitrogen and oxygen atoms in total. The van der Waals surface area contributed by atoms with Crippen LogP contribution in [0.4, 0.5) is 22.0 Å². The third-order valence-corrected chi connectivity index (χ3v) is 2.61. The molecule has 0 unspecified atom stereocenters. The molecule has 0 radical (unpaired) electrons. The Kier molecular flexibility index (Phi) is 4.66. The summed E-state index contributed by atoms with van der Waals surface area (Å²) in [5.41, 5.74) is 0. The van der Waals surface area contributed by atoms with Gasteiger partial charge in [0.05, 0.1) is 0 Å². The Labute approximate surface area is 81.9 Å². The number of phosphoric ester groups is 1. The molecule has 15 heavy (non-hydrogen) atoms. The van der Waals surface area contributed by atoms with E-state index in [4.69, 9.17) is 0 Å². The highest BCUT2D eigenvalue weighted by Gasteiger charge is 2.62. The molecule has 0 aliphatic heterocycles. The Hall–Kier alpha value is -0.240. The fourth-order valence-corrected chi connectivity index (χ4v) is 1.15. The molecule has 92 valence electrons. The maximum absolute atomic E-state index is 12.5. The average molecular weight is 258 g/mol. The third-order valence-electron chi connectivity index (χ3n) is 1.27. The van der Waals surface area contributed by atoms with Gasteiger partial charge in [0.25, 0.3) is 0 Å². The van der Waals surface area contributed by atoms with Gasteiger partial charge in [0.15, 0.2) is 6.67 Å². The zero-order chi connectivity index (χ0) is 12.3. The van der Waals surface area contributed by atoms with Gasteiger partial charge in [-0.05, 0) is 0 Å². The van der Waals surface area contributed by atoms with E-state index in [1.54, 1.807) is 0 Å². The van der Waals surface area contributed by atoms with Crippen LogP contribution < -0.4 is 0 Å². The van der Waals surface area contributed by atoms with Gasteiger partial charge in [-0.2, -0.15) is 17.6 Å². The van der Waals surface area contributed by atoms with E-state index in [0.717, 1.165) is 0 Å². The smallest absolute Gasteiger partial charge is 0.290 e. The van der Waals surface area contributed by atoms with Crippen molar-refractivity contribution in [1.29, 1.82) is 0 Å². The van der Waals surface area contributed by atoms with Gasteiger partial charge in [-0.15, -0.1) is 0 Å². The van der Waals surface area contributed by atoms with Crippen LogP contribution in [0.15, 0.2) is 0 Å².